The molecule has 0 fully saturated rings. The summed E-state index contributed by atoms with van der Waals surface area (Å²) in [6.45, 7) is 16.1. The number of fused-ring (bicyclic) bond motifs is 1. The van der Waals surface area contributed by atoms with Crippen molar-refractivity contribution in [3.63, 3.8) is 0 Å². The molecule has 286 valence electrons. The molecule has 0 radical (unpaired) electrons. The van der Waals surface area contributed by atoms with Gasteiger partial charge in [-0.05, 0) is 94.1 Å². The summed E-state index contributed by atoms with van der Waals surface area (Å²) in [7, 11) is 2.33. The van der Waals surface area contributed by atoms with E-state index in [1.54, 1.807) is 7.11 Å². The summed E-state index contributed by atoms with van der Waals surface area (Å²) in [6.07, 6.45) is 5.16. The van der Waals surface area contributed by atoms with Gasteiger partial charge in [0, 0.05) is 63.6 Å². The molecule has 1 aliphatic rings. The number of methoxy groups -OCH3 is 1. The number of carbonyl (C=O) groups excluding carboxylic acids is 1. The minimum Gasteiger partial charge on any atom is -0.488 e. The van der Waals surface area contributed by atoms with Crippen LogP contribution in [-0.4, -0.2) is 76.9 Å². The number of aldehydes is 1. The first kappa shape index (κ1) is 41.4. The van der Waals surface area contributed by atoms with Crippen LogP contribution in [0.2, 0.25) is 0 Å². The van der Waals surface area contributed by atoms with E-state index in [4.69, 9.17) is 19.9 Å². The lowest BCUT2D eigenvalue weighted by Gasteiger charge is -2.37. The molecule has 4 aromatic rings. The number of aromatic nitrogens is 2. The van der Waals surface area contributed by atoms with Gasteiger partial charge in [-0.3, -0.25) is 4.79 Å². The van der Waals surface area contributed by atoms with Gasteiger partial charge in [0.1, 0.15) is 22.8 Å². The summed E-state index contributed by atoms with van der Waals surface area (Å²) in [5.74, 6) is 0.780. The number of hydrogen-bond acceptors (Lipinski definition) is 10. The average molecular weight is 745 g/mol. The highest BCUT2D eigenvalue weighted by Crippen LogP contribution is 2.40. The van der Waals surface area contributed by atoms with Crippen molar-refractivity contribution < 1.29 is 23.2 Å². The lowest BCUT2D eigenvalue weighted by Crippen LogP contribution is -2.43. The number of nitrogens with zero attached hydrogens (tertiary/aromatic N) is 3. The van der Waals surface area contributed by atoms with Crippen molar-refractivity contribution in [3.8, 4) is 11.8 Å². The average Bonchev–Trinajstić information content (AvgIpc) is 3.30. The molecule has 53 heavy (non-hydrogen) atoms. The quantitative estimate of drug-likeness (QED) is 0.0673. The molecule has 0 saturated heterocycles. The van der Waals surface area contributed by atoms with Crippen LogP contribution < -0.4 is 25.8 Å². The maximum Gasteiger partial charge on any atom is 0.316 e. The predicted octanol–water partition coefficient (Wildman–Crippen LogP) is 6.85. The van der Waals surface area contributed by atoms with Crippen LogP contribution in [0.15, 0.2) is 71.9 Å². The van der Waals surface area contributed by atoms with Crippen LogP contribution >= 0.6 is 0 Å². The Morgan fingerprint density at radius 2 is 1.83 bits per heavy atom. The first-order valence-electron chi connectivity index (χ1n) is 18.2. The smallest absolute Gasteiger partial charge is 0.316 e. The summed E-state index contributed by atoms with van der Waals surface area (Å²) in [5.41, 5.74) is 14.4. The Labute approximate surface area is 317 Å². The molecular formula is C41H56N6O5S. The summed E-state index contributed by atoms with van der Waals surface area (Å²) < 4.78 is 32.1. The molecular weight excluding hydrogens is 689 g/mol. The number of nitrogens with two attached hydrogens (primary N) is 1. The fourth-order valence-corrected chi connectivity index (χ4v) is 7.59. The molecule has 1 aliphatic heterocycles. The Balaban J connectivity index is 0.000000376. The molecule has 2 unspecified atom stereocenters. The molecule has 12 heteroatoms. The highest BCUT2D eigenvalue weighted by molar-refractivity contribution is 7.82. The van der Waals surface area contributed by atoms with E-state index in [-0.39, 0.29) is 23.6 Å². The van der Waals surface area contributed by atoms with Crippen LogP contribution in [0.4, 0.5) is 11.4 Å². The molecule has 0 bridgehead atoms. The van der Waals surface area contributed by atoms with Crippen molar-refractivity contribution in [2.45, 2.75) is 83.4 Å². The summed E-state index contributed by atoms with van der Waals surface area (Å²) >= 11 is 0. The Bertz CT molecular complexity index is 1820. The fourth-order valence-electron chi connectivity index (χ4n) is 6.27. The normalized spacial score (nSPS) is 16.3. The highest BCUT2D eigenvalue weighted by Gasteiger charge is 2.34. The molecule has 2 heterocycles. The number of anilines is 2. The van der Waals surface area contributed by atoms with E-state index < -0.39 is 11.0 Å². The maximum atomic E-state index is 13.8. The van der Waals surface area contributed by atoms with Crippen molar-refractivity contribution in [1.29, 1.82) is 0 Å². The van der Waals surface area contributed by atoms with E-state index in [1.165, 1.54) is 34.6 Å². The zero-order valence-corrected chi connectivity index (χ0v) is 33.2. The molecule has 0 spiro atoms. The first-order valence-corrected chi connectivity index (χ1v) is 19.3. The van der Waals surface area contributed by atoms with Crippen LogP contribution in [0.5, 0.6) is 11.8 Å². The van der Waals surface area contributed by atoms with E-state index in [0.29, 0.717) is 38.2 Å². The molecule has 4 N–H and O–H groups in total. The molecule has 0 aliphatic carbocycles. The first-order chi connectivity index (χ1) is 25.5. The Morgan fingerprint density at radius 1 is 1.09 bits per heavy atom. The minimum absolute atomic E-state index is 0.0158. The van der Waals surface area contributed by atoms with Crippen LogP contribution in [0.3, 0.4) is 0 Å². The summed E-state index contributed by atoms with van der Waals surface area (Å²) in [6, 6.07) is 19.0. The van der Waals surface area contributed by atoms with Gasteiger partial charge in [-0.15, -0.1) is 0 Å². The molecule has 0 saturated carbocycles. The van der Waals surface area contributed by atoms with Crippen molar-refractivity contribution in [2.75, 3.05) is 51.5 Å². The number of likely N-dealkylation sites (N-methyl/N-ethyl adjacent to an activating group) is 1. The lowest BCUT2D eigenvalue weighted by atomic mass is 9.75. The van der Waals surface area contributed by atoms with Crippen LogP contribution in [0, 0.1) is 13.8 Å². The van der Waals surface area contributed by atoms with Gasteiger partial charge in [0.15, 0.2) is 6.29 Å². The van der Waals surface area contributed by atoms with Crippen molar-refractivity contribution in [3.05, 3.63) is 100 Å². The number of ether oxygens (including phenoxy) is 3. The highest BCUT2D eigenvalue weighted by atomic mass is 32.2. The zero-order chi connectivity index (χ0) is 38.5. The zero-order valence-electron chi connectivity index (χ0n) is 32.4. The van der Waals surface area contributed by atoms with Crippen LogP contribution in [0.25, 0.3) is 0 Å². The van der Waals surface area contributed by atoms with Gasteiger partial charge >= 0.3 is 6.01 Å². The third kappa shape index (κ3) is 10.6. The monoisotopic (exact) mass is 744 g/mol. The standard InChI is InChI=1S/C32H44N4O2S.C9H12N2O3/c1-8-25-20-36(39(37)29-13-11-10-12-28(29)38-25)19-24-18-23(15-14-21(24)3)30(32(5,6)34-7)26-16-17-27(35-9-2)31(33)22(26)4;1-13-3-2-4-14-9-10-5-8(7-12)6-11-9/h10-18,25,30,34-35H,8-9,19-20,33H2,1-7H3;5-7H,2-4H2,1H3/t25-,30?,39?;/m1./s1. The minimum atomic E-state index is -1.31. The van der Waals surface area contributed by atoms with Gasteiger partial charge < -0.3 is 30.6 Å². The van der Waals surface area contributed by atoms with Gasteiger partial charge in [0.2, 0.25) is 0 Å². The maximum absolute atomic E-state index is 13.8. The van der Waals surface area contributed by atoms with Crippen LogP contribution in [-0.2, 0) is 22.3 Å². The van der Waals surface area contributed by atoms with E-state index in [9.17, 15) is 9.00 Å². The molecule has 11 nitrogen and oxygen atoms in total. The SMILES string of the molecule is CCNc1ccc(C(c2ccc(C)c(CN3C[C@@H](CC)Oc4ccccc4S3=O)c2)C(C)(C)NC)c(C)c1N.COCCCOc1ncc(C=O)cn1. The molecule has 3 aromatic carbocycles. The van der Waals surface area contributed by atoms with Crippen molar-refractivity contribution in [1.82, 2.24) is 19.6 Å². The molecule has 0 amide bonds. The fraction of sp³-hybridized carbons (Fsp3) is 0.439. The Kier molecular flexibility index (Phi) is 15.3. The van der Waals surface area contributed by atoms with E-state index >= 15 is 0 Å². The molecule has 5 rings (SSSR count). The van der Waals surface area contributed by atoms with E-state index in [2.05, 4.69) is 96.8 Å². The third-order valence-electron chi connectivity index (χ3n) is 9.59. The second kappa shape index (κ2) is 19.6. The number of aryl methyl sites for hydroxylation is 1. The van der Waals surface area contributed by atoms with Crippen molar-refractivity contribution in [2.24, 2.45) is 0 Å². The number of benzene rings is 3. The number of carbonyl (C=O) groups is 1. The number of hydrogen-bond donors (Lipinski definition) is 3. The van der Waals surface area contributed by atoms with Crippen molar-refractivity contribution >= 4 is 28.6 Å². The van der Waals surface area contributed by atoms with E-state index in [1.807, 2.05) is 31.3 Å². The second-order valence-electron chi connectivity index (χ2n) is 13.6. The number of nitrogen functional groups attached to an aromatic ring is 1. The van der Waals surface area contributed by atoms with Crippen LogP contribution in [0.1, 0.15) is 84.6 Å². The Hall–Kier alpha value is -4.36. The largest absolute Gasteiger partial charge is 0.488 e. The number of para-hydroxylation sites is 1. The number of nitrogens with one attached hydrogen (secondary N) is 2. The molecule has 3 atom stereocenters. The summed E-state index contributed by atoms with van der Waals surface area (Å²) in [4.78, 5) is 18.7. The second-order valence-corrected chi connectivity index (χ2v) is 15.1. The third-order valence-corrected chi connectivity index (χ3v) is 11.1. The Morgan fingerprint density at radius 3 is 2.49 bits per heavy atom. The molecule has 1 aromatic heterocycles. The predicted molar refractivity (Wildman–Crippen MR) is 213 cm³/mol. The lowest BCUT2D eigenvalue weighted by molar-refractivity contribution is 0.112. The summed E-state index contributed by atoms with van der Waals surface area (Å²) in [5, 5.41) is 6.92. The van der Waals surface area contributed by atoms with Gasteiger partial charge in [-0.1, -0.05) is 43.3 Å². The van der Waals surface area contributed by atoms with Gasteiger partial charge in [-0.25, -0.2) is 18.5 Å². The van der Waals surface area contributed by atoms with Gasteiger partial charge in [-0.2, -0.15) is 0 Å². The van der Waals surface area contributed by atoms with Gasteiger partial charge in [0.05, 0.1) is 28.4 Å². The topological polar surface area (TPSA) is 141 Å². The van der Waals surface area contributed by atoms with E-state index in [0.717, 1.165) is 47.0 Å². The number of rotatable bonds is 15. The van der Waals surface area contributed by atoms with Gasteiger partial charge in [0.25, 0.3) is 0 Å².